The summed E-state index contributed by atoms with van der Waals surface area (Å²) in [6.07, 6.45) is -0.630. The Morgan fingerprint density at radius 1 is 1.12 bits per heavy atom. The van der Waals surface area contributed by atoms with E-state index in [1.807, 2.05) is 18.2 Å². The maximum Gasteiger partial charge on any atom is 0.307 e. The van der Waals surface area contributed by atoms with Crippen molar-refractivity contribution in [2.24, 2.45) is 5.92 Å². The van der Waals surface area contributed by atoms with Crippen molar-refractivity contribution in [2.45, 2.75) is 12.5 Å². The van der Waals surface area contributed by atoms with E-state index in [0.717, 1.165) is 5.56 Å². The van der Waals surface area contributed by atoms with Crippen molar-refractivity contribution >= 4 is 23.3 Å². The van der Waals surface area contributed by atoms with Crippen LogP contribution in [0.15, 0.2) is 54.6 Å². The van der Waals surface area contributed by atoms with Crippen molar-refractivity contribution in [1.29, 1.82) is 0 Å². The summed E-state index contributed by atoms with van der Waals surface area (Å²) in [5, 5.41) is 13.3. The zero-order chi connectivity index (χ0) is 17.1. The molecule has 3 rings (SSSR count). The van der Waals surface area contributed by atoms with Crippen LogP contribution in [-0.4, -0.2) is 16.8 Å². The Labute approximate surface area is 137 Å². The summed E-state index contributed by atoms with van der Waals surface area (Å²) in [7, 11) is 0. The Kier molecular flexibility index (Phi) is 4.24. The molecule has 2 atom stereocenters. The molecule has 1 aliphatic rings. The number of hydrogen-bond donors (Lipinski definition) is 1. The lowest BCUT2D eigenvalue weighted by atomic mass is 9.94. The van der Waals surface area contributed by atoms with Crippen LogP contribution in [0.3, 0.4) is 0 Å². The van der Waals surface area contributed by atoms with Gasteiger partial charge in [-0.05, 0) is 17.7 Å². The summed E-state index contributed by atoms with van der Waals surface area (Å²) in [6, 6.07) is 14.6. The number of nitro groups is 1. The van der Waals surface area contributed by atoms with Crippen molar-refractivity contribution in [1.82, 2.24) is 0 Å². The van der Waals surface area contributed by atoms with Gasteiger partial charge < -0.3 is 10.1 Å². The topological polar surface area (TPSA) is 98.5 Å². The minimum Gasteiger partial charge on any atom is -0.457 e. The van der Waals surface area contributed by atoms with Gasteiger partial charge in [0.2, 0.25) is 5.91 Å². The van der Waals surface area contributed by atoms with Crippen LogP contribution in [0.1, 0.15) is 18.1 Å². The van der Waals surface area contributed by atoms with E-state index in [0.29, 0.717) is 5.69 Å². The lowest BCUT2D eigenvalue weighted by Gasteiger charge is -2.17. The molecule has 7 heteroatoms. The molecule has 24 heavy (non-hydrogen) atoms. The Balaban J connectivity index is 1.75. The van der Waals surface area contributed by atoms with Crippen molar-refractivity contribution < 1.29 is 19.2 Å². The highest BCUT2D eigenvalue weighted by Crippen LogP contribution is 2.36. The molecular formula is C17H14N2O5. The first kappa shape index (κ1) is 15.7. The number of nitro benzene ring substituents is 1. The third-order valence-corrected chi connectivity index (χ3v) is 3.82. The van der Waals surface area contributed by atoms with E-state index >= 15 is 0 Å². The van der Waals surface area contributed by atoms with Gasteiger partial charge in [0.05, 0.1) is 17.3 Å². The molecule has 0 aliphatic carbocycles. The number of amides is 1. The monoisotopic (exact) mass is 326 g/mol. The van der Waals surface area contributed by atoms with Crippen LogP contribution in [0.4, 0.5) is 11.4 Å². The Bertz CT molecular complexity index is 773. The van der Waals surface area contributed by atoms with Crippen LogP contribution >= 0.6 is 0 Å². The zero-order valence-electron chi connectivity index (χ0n) is 12.5. The van der Waals surface area contributed by atoms with Gasteiger partial charge >= 0.3 is 5.97 Å². The molecule has 1 fully saturated rings. The van der Waals surface area contributed by atoms with Crippen LogP contribution in [0.2, 0.25) is 0 Å². The number of carbonyl (C=O) groups is 2. The van der Waals surface area contributed by atoms with Crippen LogP contribution in [-0.2, 0) is 14.3 Å². The van der Waals surface area contributed by atoms with Crippen LogP contribution in [0.25, 0.3) is 0 Å². The summed E-state index contributed by atoms with van der Waals surface area (Å²) in [6.45, 7) is 0. The predicted molar refractivity (Wildman–Crippen MR) is 85.1 cm³/mol. The third-order valence-electron chi connectivity index (χ3n) is 3.82. The first-order chi connectivity index (χ1) is 11.5. The molecule has 1 amide bonds. The number of cyclic esters (lactones) is 1. The molecule has 0 unspecified atom stereocenters. The van der Waals surface area contributed by atoms with Gasteiger partial charge in [-0.3, -0.25) is 19.7 Å². The highest BCUT2D eigenvalue weighted by Gasteiger charge is 2.40. The highest BCUT2D eigenvalue weighted by atomic mass is 16.6. The number of rotatable bonds is 4. The first-order valence-corrected chi connectivity index (χ1v) is 7.34. The number of carbonyl (C=O) groups excluding carboxylic acids is 2. The molecule has 0 bridgehead atoms. The molecule has 7 nitrogen and oxygen atoms in total. The molecule has 2 aromatic carbocycles. The van der Waals surface area contributed by atoms with E-state index in [1.54, 1.807) is 12.1 Å². The number of nitrogens with zero attached hydrogens (tertiary/aromatic N) is 1. The van der Waals surface area contributed by atoms with E-state index in [9.17, 15) is 19.7 Å². The van der Waals surface area contributed by atoms with Gasteiger partial charge in [0.25, 0.3) is 5.69 Å². The Morgan fingerprint density at radius 2 is 1.79 bits per heavy atom. The minimum absolute atomic E-state index is 0.00161. The van der Waals surface area contributed by atoms with E-state index in [4.69, 9.17) is 4.74 Å². The summed E-state index contributed by atoms with van der Waals surface area (Å²) in [5.74, 6) is -1.42. The van der Waals surface area contributed by atoms with Gasteiger partial charge in [0, 0.05) is 17.8 Å². The van der Waals surface area contributed by atoms with Crippen molar-refractivity contribution in [3.05, 3.63) is 70.3 Å². The van der Waals surface area contributed by atoms with Gasteiger partial charge in [0.1, 0.15) is 6.10 Å². The summed E-state index contributed by atoms with van der Waals surface area (Å²) < 4.78 is 5.28. The van der Waals surface area contributed by atoms with Gasteiger partial charge in [0.15, 0.2) is 0 Å². The average Bonchev–Trinajstić information content (AvgIpc) is 2.98. The number of non-ortho nitro benzene ring substituents is 1. The molecular weight excluding hydrogens is 312 g/mol. The molecule has 1 heterocycles. The number of anilines is 1. The van der Waals surface area contributed by atoms with Crippen molar-refractivity contribution in [3.8, 4) is 0 Å². The second-order valence-electron chi connectivity index (χ2n) is 5.42. The summed E-state index contributed by atoms with van der Waals surface area (Å²) in [5.41, 5.74) is 1.12. The molecule has 1 N–H and O–H groups in total. The highest BCUT2D eigenvalue weighted by molar-refractivity contribution is 5.96. The first-order valence-electron chi connectivity index (χ1n) is 7.34. The van der Waals surface area contributed by atoms with Crippen LogP contribution in [0, 0.1) is 16.0 Å². The molecule has 122 valence electrons. The van der Waals surface area contributed by atoms with E-state index in [-0.39, 0.29) is 18.0 Å². The second-order valence-corrected chi connectivity index (χ2v) is 5.42. The lowest BCUT2D eigenvalue weighted by molar-refractivity contribution is -0.384. The fraction of sp³-hybridized carbons (Fsp3) is 0.176. The third kappa shape index (κ3) is 3.24. The zero-order valence-corrected chi connectivity index (χ0v) is 12.5. The summed E-state index contributed by atoms with van der Waals surface area (Å²) >= 11 is 0. The van der Waals surface area contributed by atoms with Crippen LogP contribution < -0.4 is 5.32 Å². The smallest absolute Gasteiger partial charge is 0.307 e. The summed E-state index contributed by atoms with van der Waals surface area (Å²) in [4.78, 5) is 34.3. The average molecular weight is 326 g/mol. The number of ether oxygens (including phenoxy) is 1. The standard InChI is InChI=1S/C17H14N2O5/c20-15-10-14(16(24-15)11-4-2-1-3-5-11)17(21)18-12-6-8-13(9-7-12)19(22)23/h1-9,14,16H,10H2,(H,18,21)/t14-,16+/m0/s1. The van der Waals surface area contributed by atoms with E-state index < -0.39 is 22.9 Å². The quantitative estimate of drug-likeness (QED) is 0.529. The molecule has 0 spiro atoms. The largest absolute Gasteiger partial charge is 0.457 e. The predicted octanol–water partition coefficient (Wildman–Crippen LogP) is 2.84. The van der Waals surface area contributed by atoms with Crippen LogP contribution in [0.5, 0.6) is 0 Å². The molecule has 0 saturated carbocycles. The Hall–Kier alpha value is -3.22. The van der Waals surface area contributed by atoms with Gasteiger partial charge in [-0.1, -0.05) is 30.3 Å². The fourth-order valence-electron chi connectivity index (χ4n) is 2.63. The number of nitrogens with one attached hydrogen (secondary N) is 1. The Morgan fingerprint density at radius 3 is 2.42 bits per heavy atom. The molecule has 1 aliphatic heterocycles. The molecule has 2 aromatic rings. The maximum atomic E-state index is 12.5. The van der Waals surface area contributed by atoms with Crippen molar-refractivity contribution in [3.63, 3.8) is 0 Å². The van der Waals surface area contributed by atoms with Gasteiger partial charge in [-0.15, -0.1) is 0 Å². The van der Waals surface area contributed by atoms with Crippen molar-refractivity contribution in [2.75, 3.05) is 5.32 Å². The second kappa shape index (κ2) is 6.49. The maximum absolute atomic E-state index is 12.5. The minimum atomic E-state index is -0.643. The number of hydrogen-bond acceptors (Lipinski definition) is 5. The lowest BCUT2D eigenvalue weighted by Crippen LogP contribution is -2.25. The number of benzene rings is 2. The SMILES string of the molecule is O=C1C[C@H](C(=O)Nc2ccc([N+](=O)[O-])cc2)[C@@H](c2ccccc2)O1. The molecule has 1 saturated heterocycles. The van der Waals surface area contributed by atoms with E-state index in [2.05, 4.69) is 5.32 Å². The fourth-order valence-corrected chi connectivity index (χ4v) is 2.63. The van der Waals surface area contributed by atoms with Gasteiger partial charge in [-0.25, -0.2) is 0 Å². The normalized spacial score (nSPS) is 19.6. The van der Waals surface area contributed by atoms with E-state index in [1.165, 1.54) is 24.3 Å². The van der Waals surface area contributed by atoms with Gasteiger partial charge in [-0.2, -0.15) is 0 Å². The molecule has 0 radical (unpaired) electrons. The molecule has 0 aromatic heterocycles. The number of esters is 1.